The SMILES string of the molecule is COCc1nc(-c2ccccc2Br)[nH]c(=O)c1I. The summed E-state index contributed by atoms with van der Waals surface area (Å²) in [6, 6.07) is 7.61. The van der Waals surface area contributed by atoms with Crippen molar-refractivity contribution >= 4 is 38.5 Å². The maximum atomic E-state index is 11.8. The largest absolute Gasteiger partial charge is 0.378 e. The first kappa shape index (κ1) is 13.7. The molecule has 4 nitrogen and oxygen atoms in total. The molecule has 0 radical (unpaired) electrons. The zero-order valence-electron chi connectivity index (χ0n) is 9.54. The van der Waals surface area contributed by atoms with Crippen molar-refractivity contribution in [2.24, 2.45) is 0 Å². The average molecular weight is 421 g/mol. The van der Waals surface area contributed by atoms with Crippen molar-refractivity contribution in [3.05, 3.63) is 48.4 Å². The predicted octanol–water partition coefficient (Wildman–Crippen LogP) is 2.95. The molecule has 0 fully saturated rings. The Kier molecular flexibility index (Phi) is 4.52. The number of aromatic nitrogens is 2. The molecule has 0 atom stereocenters. The molecule has 94 valence electrons. The van der Waals surface area contributed by atoms with Crippen LogP contribution in [0.5, 0.6) is 0 Å². The van der Waals surface area contributed by atoms with Gasteiger partial charge in [-0.05, 0) is 28.7 Å². The first-order valence-electron chi connectivity index (χ1n) is 5.16. The van der Waals surface area contributed by atoms with Crippen molar-refractivity contribution in [2.45, 2.75) is 6.61 Å². The molecule has 0 amide bonds. The van der Waals surface area contributed by atoms with Gasteiger partial charge in [-0.1, -0.05) is 34.1 Å². The molecule has 0 spiro atoms. The van der Waals surface area contributed by atoms with E-state index < -0.39 is 0 Å². The van der Waals surface area contributed by atoms with Crippen LogP contribution in [0.1, 0.15) is 5.69 Å². The van der Waals surface area contributed by atoms with E-state index in [2.05, 4.69) is 25.9 Å². The Balaban J connectivity index is 2.59. The molecule has 1 aromatic carbocycles. The number of aromatic amines is 1. The first-order chi connectivity index (χ1) is 8.63. The Labute approximate surface area is 126 Å². The van der Waals surface area contributed by atoms with Gasteiger partial charge in [0.25, 0.3) is 5.56 Å². The third-order valence-electron chi connectivity index (χ3n) is 2.34. The second-order valence-electron chi connectivity index (χ2n) is 3.59. The Morgan fingerprint density at radius 3 is 2.83 bits per heavy atom. The van der Waals surface area contributed by atoms with E-state index in [4.69, 9.17) is 4.74 Å². The molecule has 1 aromatic heterocycles. The number of hydrogen-bond donors (Lipinski definition) is 1. The van der Waals surface area contributed by atoms with E-state index in [1.165, 1.54) is 0 Å². The number of methoxy groups -OCH3 is 1. The average Bonchev–Trinajstić information content (AvgIpc) is 2.35. The summed E-state index contributed by atoms with van der Waals surface area (Å²) < 4.78 is 6.50. The lowest BCUT2D eigenvalue weighted by molar-refractivity contribution is 0.180. The Morgan fingerprint density at radius 2 is 2.17 bits per heavy atom. The fourth-order valence-electron chi connectivity index (χ4n) is 1.52. The van der Waals surface area contributed by atoms with Gasteiger partial charge in [-0.15, -0.1) is 0 Å². The zero-order valence-corrected chi connectivity index (χ0v) is 13.3. The second-order valence-corrected chi connectivity index (χ2v) is 5.52. The summed E-state index contributed by atoms with van der Waals surface area (Å²) in [5.74, 6) is 0.542. The maximum absolute atomic E-state index is 11.8. The third kappa shape index (κ3) is 2.81. The highest BCUT2D eigenvalue weighted by atomic mass is 127. The quantitative estimate of drug-likeness (QED) is 0.776. The number of H-pyrrole nitrogens is 1. The van der Waals surface area contributed by atoms with Gasteiger partial charge in [-0.3, -0.25) is 4.79 Å². The van der Waals surface area contributed by atoms with Gasteiger partial charge in [0.15, 0.2) is 0 Å². The fourth-order valence-corrected chi connectivity index (χ4v) is 2.40. The Hall–Kier alpha value is -0.730. The van der Waals surface area contributed by atoms with Crippen LogP contribution in [0.4, 0.5) is 0 Å². The van der Waals surface area contributed by atoms with Crippen LogP contribution in [-0.2, 0) is 11.3 Å². The van der Waals surface area contributed by atoms with E-state index in [-0.39, 0.29) is 5.56 Å². The molecule has 0 aliphatic heterocycles. The van der Waals surface area contributed by atoms with Crippen molar-refractivity contribution in [1.29, 1.82) is 0 Å². The van der Waals surface area contributed by atoms with E-state index in [9.17, 15) is 4.79 Å². The predicted molar refractivity (Wildman–Crippen MR) is 81.4 cm³/mol. The molecule has 0 bridgehead atoms. The van der Waals surface area contributed by atoms with Gasteiger partial charge in [0.2, 0.25) is 0 Å². The molecule has 6 heteroatoms. The summed E-state index contributed by atoms with van der Waals surface area (Å²) in [5.41, 5.74) is 1.35. The number of halogens is 2. The highest BCUT2D eigenvalue weighted by Gasteiger charge is 2.11. The summed E-state index contributed by atoms with van der Waals surface area (Å²) in [4.78, 5) is 19.1. The standard InChI is InChI=1S/C12H10BrIN2O2/c1-18-6-9-10(14)12(17)16-11(15-9)7-4-2-3-5-8(7)13/h2-5H,6H2,1H3,(H,15,16,17). The highest BCUT2D eigenvalue weighted by molar-refractivity contribution is 14.1. The molecule has 0 aliphatic rings. The molecule has 0 saturated heterocycles. The summed E-state index contributed by atoms with van der Waals surface area (Å²) in [7, 11) is 1.58. The highest BCUT2D eigenvalue weighted by Crippen LogP contribution is 2.24. The molecule has 0 aliphatic carbocycles. The summed E-state index contributed by atoms with van der Waals surface area (Å²) in [6.45, 7) is 0.319. The van der Waals surface area contributed by atoms with Crippen LogP contribution >= 0.6 is 38.5 Å². The van der Waals surface area contributed by atoms with Crippen LogP contribution in [0.15, 0.2) is 33.5 Å². The number of nitrogens with zero attached hydrogens (tertiary/aromatic N) is 1. The van der Waals surface area contributed by atoms with E-state index in [0.717, 1.165) is 10.0 Å². The van der Waals surface area contributed by atoms with Crippen molar-refractivity contribution in [1.82, 2.24) is 9.97 Å². The minimum atomic E-state index is -0.150. The minimum absolute atomic E-state index is 0.150. The van der Waals surface area contributed by atoms with E-state index in [1.807, 2.05) is 46.9 Å². The second kappa shape index (κ2) is 5.94. The van der Waals surface area contributed by atoms with Gasteiger partial charge in [0, 0.05) is 17.1 Å². The van der Waals surface area contributed by atoms with E-state index in [0.29, 0.717) is 21.7 Å². The number of nitrogens with one attached hydrogen (secondary N) is 1. The molecule has 18 heavy (non-hydrogen) atoms. The van der Waals surface area contributed by atoms with Gasteiger partial charge in [0.1, 0.15) is 9.39 Å². The van der Waals surface area contributed by atoms with Gasteiger partial charge in [-0.25, -0.2) is 4.98 Å². The molecule has 1 N–H and O–H groups in total. The lowest BCUT2D eigenvalue weighted by Gasteiger charge is -2.07. The van der Waals surface area contributed by atoms with Gasteiger partial charge in [-0.2, -0.15) is 0 Å². The fraction of sp³-hybridized carbons (Fsp3) is 0.167. The van der Waals surface area contributed by atoms with Crippen molar-refractivity contribution in [2.75, 3.05) is 7.11 Å². The van der Waals surface area contributed by atoms with Gasteiger partial charge in [0.05, 0.1) is 12.3 Å². The molecule has 1 heterocycles. The topological polar surface area (TPSA) is 55.0 Å². The number of ether oxygens (including phenoxy) is 1. The smallest absolute Gasteiger partial charge is 0.264 e. The number of benzene rings is 1. The van der Waals surface area contributed by atoms with Crippen LogP contribution < -0.4 is 5.56 Å². The monoisotopic (exact) mass is 420 g/mol. The molecule has 0 unspecified atom stereocenters. The third-order valence-corrected chi connectivity index (χ3v) is 4.15. The maximum Gasteiger partial charge on any atom is 0.264 e. The van der Waals surface area contributed by atoms with Crippen molar-refractivity contribution < 1.29 is 4.74 Å². The van der Waals surface area contributed by atoms with Crippen LogP contribution in [0.3, 0.4) is 0 Å². The lowest BCUT2D eigenvalue weighted by Crippen LogP contribution is -2.16. The molecular formula is C12H10BrIN2O2. The molecule has 0 saturated carbocycles. The summed E-state index contributed by atoms with van der Waals surface area (Å²) in [5, 5.41) is 0. The number of rotatable bonds is 3. The van der Waals surface area contributed by atoms with Crippen molar-refractivity contribution in [3.8, 4) is 11.4 Å². The van der Waals surface area contributed by atoms with E-state index >= 15 is 0 Å². The van der Waals surface area contributed by atoms with Gasteiger partial charge >= 0.3 is 0 Å². The summed E-state index contributed by atoms with van der Waals surface area (Å²) >= 11 is 5.42. The molecule has 2 aromatic rings. The van der Waals surface area contributed by atoms with Crippen molar-refractivity contribution in [3.63, 3.8) is 0 Å². The Bertz CT molecular complexity index is 628. The van der Waals surface area contributed by atoms with Crippen LogP contribution in [0.2, 0.25) is 0 Å². The molecular weight excluding hydrogens is 411 g/mol. The van der Waals surface area contributed by atoms with Crippen LogP contribution in [0.25, 0.3) is 11.4 Å². The van der Waals surface area contributed by atoms with Gasteiger partial charge < -0.3 is 9.72 Å². The van der Waals surface area contributed by atoms with Crippen LogP contribution in [0, 0.1) is 3.57 Å². The minimum Gasteiger partial charge on any atom is -0.378 e. The van der Waals surface area contributed by atoms with Crippen LogP contribution in [-0.4, -0.2) is 17.1 Å². The zero-order chi connectivity index (χ0) is 13.1. The first-order valence-corrected chi connectivity index (χ1v) is 7.03. The van der Waals surface area contributed by atoms with E-state index in [1.54, 1.807) is 7.11 Å². The number of hydrogen-bond acceptors (Lipinski definition) is 3. The Morgan fingerprint density at radius 1 is 1.44 bits per heavy atom. The normalized spacial score (nSPS) is 10.6. The molecule has 2 rings (SSSR count). The lowest BCUT2D eigenvalue weighted by atomic mass is 10.2. The summed E-state index contributed by atoms with van der Waals surface area (Å²) in [6.07, 6.45) is 0.